The van der Waals surface area contributed by atoms with Gasteiger partial charge < -0.3 is 4.74 Å². The van der Waals surface area contributed by atoms with Crippen LogP contribution in [0.2, 0.25) is 0 Å². The Kier molecular flexibility index (Phi) is 6.08. The Bertz CT molecular complexity index is 1090. The second-order valence-corrected chi connectivity index (χ2v) is 9.51. The number of thiophene rings is 1. The fourth-order valence-corrected chi connectivity index (χ4v) is 4.60. The number of hydrazine groups is 1. The SMILES string of the molecule is COc1c(C(=O)N2CCCN2C(=O)Cc2ccc(S(C)(=O)=O)cc2)csc1[N+](=O)[O-]. The average Bonchev–Trinajstić information content (AvgIpc) is 3.34. The number of amides is 2. The predicted molar refractivity (Wildman–Crippen MR) is 108 cm³/mol. The van der Waals surface area contributed by atoms with E-state index in [0.29, 0.717) is 25.1 Å². The lowest BCUT2D eigenvalue weighted by molar-refractivity contribution is -0.381. The van der Waals surface area contributed by atoms with Crippen LogP contribution in [0.5, 0.6) is 5.75 Å². The Morgan fingerprint density at radius 2 is 1.83 bits per heavy atom. The van der Waals surface area contributed by atoms with Crippen LogP contribution in [0.15, 0.2) is 34.5 Å². The van der Waals surface area contributed by atoms with Crippen molar-refractivity contribution in [3.05, 3.63) is 50.9 Å². The van der Waals surface area contributed by atoms with Gasteiger partial charge in [0.25, 0.3) is 5.91 Å². The lowest BCUT2D eigenvalue weighted by atomic mass is 10.1. The van der Waals surface area contributed by atoms with Crippen molar-refractivity contribution in [2.45, 2.75) is 17.7 Å². The summed E-state index contributed by atoms with van der Waals surface area (Å²) in [4.78, 5) is 36.4. The number of rotatable bonds is 6. The molecule has 2 amide bonds. The highest BCUT2D eigenvalue weighted by molar-refractivity contribution is 7.90. The van der Waals surface area contributed by atoms with Crippen LogP contribution in [0.4, 0.5) is 5.00 Å². The summed E-state index contributed by atoms with van der Waals surface area (Å²) in [5, 5.41) is 14.8. The number of sulfone groups is 1. The fourth-order valence-electron chi connectivity index (χ4n) is 3.15. The van der Waals surface area contributed by atoms with Gasteiger partial charge in [-0.05, 0) is 24.1 Å². The fraction of sp³-hybridized carbons (Fsp3) is 0.333. The molecule has 0 N–H and O–H groups in total. The minimum atomic E-state index is -3.33. The Balaban J connectivity index is 1.78. The third-order valence-corrected chi connectivity index (χ3v) is 6.63. The first kappa shape index (κ1) is 21.7. The van der Waals surface area contributed by atoms with Gasteiger partial charge in [-0.25, -0.2) is 13.4 Å². The zero-order valence-corrected chi connectivity index (χ0v) is 17.9. The van der Waals surface area contributed by atoms with Crippen molar-refractivity contribution in [1.29, 1.82) is 0 Å². The molecule has 0 aliphatic carbocycles. The summed E-state index contributed by atoms with van der Waals surface area (Å²) < 4.78 is 28.2. The molecule has 1 aliphatic heterocycles. The van der Waals surface area contributed by atoms with Gasteiger partial charge in [0.05, 0.1) is 23.3 Å². The molecule has 10 nitrogen and oxygen atoms in total. The highest BCUT2D eigenvalue weighted by Crippen LogP contribution is 2.38. The summed E-state index contributed by atoms with van der Waals surface area (Å²) in [7, 11) is -2.08. The first-order valence-corrected chi connectivity index (χ1v) is 11.6. The summed E-state index contributed by atoms with van der Waals surface area (Å²) in [5.74, 6) is -1.00. The van der Waals surface area contributed by atoms with Crippen molar-refractivity contribution in [2.24, 2.45) is 0 Å². The summed E-state index contributed by atoms with van der Waals surface area (Å²) in [6, 6.07) is 5.98. The van der Waals surface area contributed by atoms with Crippen molar-refractivity contribution in [2.75, 3.05) is 26.5 Å². The molecule has 0 saturated carbocycles. The summed E-state index contributed by atoms with van der Waals surface area (Å²) in [6.45, 7) is 0.630. The molecular formula is C18H19N3O7S2. The van der Waals surface area contributed by atoms with Gasteiger partial charge >= 0.3 is 5.00 Å². The van der Waals surface area contributed by atoms with Crippen LogP contribution in [0.1, 0.15) is 22.3 Å². The highest BCUT2D eigenvalue weighted by Gasteiger charge is 2.35. The minimum absolute atomic E-state index is 0.0191. The van der Waals surface area contributed by atoms with Gasteiger partial charge in [0, 0.05) is 24.7 Å². The molecule has 1 aromatic carbocycles. The zero-order valence-electron chi connectivity index (χ0n) is 16.2. The van der Waals surface area contributed by atoms with E-state index in [-0.39, 0.29) is 33.5 Å². The normalized spacial score (nSPS) is 14.1. The Morgan fingerprint density at radius 3 is 2.40 bits per heavy atom. The lowest BCUT2D eigenvalue weighted by Gasteiger charge is -2.28. The van der Waals surface area contributed by atoms with Gasteiger partial charge in [-0.15, -0.1) is 0 Å². The van der Waals surface area contributed by atoms with Crippen LogP contribution >= 0.6 is 11.3 Å². The van der Waals surface area contributed by atoms with Gasteiger partial charge in [0.15, 0.2) is 9.84 Å². The van der Waals surface area contributed by atoms with E-state index < -0.39 is 20.7 Å². The van der Waals surface area contributed by atoms with Gasteiger partial charge in [0.2, 0.25) is 11.7 Å². The standard InChI is InChI=1S/C18H19N3O7S2/c1-28-16-14(11-29-18(16)21(24)25)17(23)20-9-3-8-19(20)15(22)10-12-4-6-13(7-5-12)30(2,26)27/h4-7,11H,3,8-10H2,1-2H3. The molecule has 0 unspecified atom stereocenters. The van der Waals surface area contributed by atoms with E-state index >= 15 is 0 Å². The Morgan fingerprint density at radius 1 is 1.20 bits per heavy atom. The maximum atomic E-state index is 13.0. The lowest BCUT2D eigenvalue weighted by Crippen LogP contribution is -2.45. The van der Waals surface area contributed by atoms with E-state index in [9.17, 15) is 28.1 Å². The van der Waals surface area contributed by atoms with Crippen LogP contribution in [0.3, 0.4) is 0 Å². The predicted octanol–water partition coefficient (Wildman–Crippen LogP) is 1.90. The number of hydrogen-bond acceptors (Lipinski definition) is 8. The number of hydrogen-bond donors (Lipinski definition) is 0. The zero-order chi connectivity index (χ0) is 22.1. The van der Waals surface area contributed by atoms with Gasteiger partial charge in [0.1, 0.15) is 5.56 Å². The second-order valence-electron chi connectivity index (χ2n) is 6.64. The molecule has 30 heavy (non-hydrogen) atoms. The third kappa shape index (κ3) is 4.28. The summed E-state index contributed by atoms with van der Waals surface area (Å²) >= 11 is 0.787. The molecule has 3 rings (SSSR count). The van der Waals surface area contributed by atoms with Gasteiger partial charge in [-0.2, -0.15) is 0 Å². The first-order chi connectivity index (χ1) is 14.1. The molecule has 1 saturated heterocycles. The number of methoxy groups -OCH3 is 1. The van der Waals surface area contributed by atoms with Crippen LogP contribution in [-0.4, -0.2) is 61.6 Å². The number of carbonyl (C=O) groups excluding carboxylic acids is 2. The molecule has 1 fully saturated rings. The number of nitrogens with zero attached hydrogens (tertiary/aromatic N) is 3. The molecule has 160 valence electrons. The van der Waals surface area contributed by atoms with Crippen LogP contribution < -0.4 is 4.74 Å². The number of carbonyl (C=O) groups is 2. The van der Waals surface area contributed by atoms with E-state index in [1.54, 1.807) is 12.1 Å². The molecule has 0 spiro atoms. The third-order valence-electron chi connectivity index (χ3n) is 4.59. The molecule has 2 aromatic rings. The van der Waals surface area contributed by atoms with Crippen molar-refractivity contribution in [3.8, 4) is 5.75 Å². The number of nitro groups is 1. The van der Waals surface area contributed by atoms with Crippen molar-refractivity contribution in [1.82, 2.24) is 10.0 Å². The van der Waals surface area contributed by atoms with E-state index in [4.69, 9.17) is 4.74 Å². The average molecular weight is 453 g/mol. The number of benzene rings is 1. The topological polar surface area (TPSA) is 127 Å². The molecule has 12 heteroatoms. The molecule has 1 aliphatic rings. The molecule has 0 atom stereocenters. The quantitative estimate of drug-likeness (QED) is 0.483. The molecule has 2 heterocycles. The van der Waals surface area contributed by atoms with Crippen molar-refractivity contribution < 1.29 is 27.7 Å². The maximum Gasteiger partial charge on any atom is 0.366 e. The van der Waals surface area contributed by atoms with E-state index in [2.05, 4.69) is 0 Å². The first-order valence-electron chi connectivity index (χ1n) is 8.84. The van der Waals surface area contributed by atoms with Crippen molar-refractivity contribution >= 4 is 38.0 Å². The Hall–Kier alpha value is -2.99. The molecule has 0 bridgehead atoms. The van der Waals surface area contributed by atoms with Crippen LogP contribution in [-0.2, 0) is 21.1 Å². The summed E-state index contributed by atoms with van der Waals surface area (Å²) in [6.07, 6.45) is 1.65. The molecule has 0 radical (unpaired) electrons. The summed E-state index contributed by atoms with van der Waals surface area (Å²) in [5.41, 5.74) is 0.641. The van der Waals surface area contributed by atoms with Gasteiger partial charge in [-0.1, -0.05) is 23.5 Å². The molecular weight excluding hydrogens is 434 g/mol. The van der Waals surface area contributed by atoms with E-state index in [1.807, 2.05) is 0 Å². The smallest absolute Gasteiger partial charge is 0.366 e. The highest BCUT2D eigenvalue weighted by atomic mass is 32.2. The van der Waals surface area contributed by atoms with E-state index in [0.717, 1.165) is 17.6 Å². The largest absolute Gasteiger partial charge is 0.489 e. The van der Waals surface area contributed by atoms with Crippen LogP contribution in [0, 0.1) is 10.1 Å². The Labute approximate surface area is 176 Å². The molecule has 1 aromatic heterocycles. The monoisotopic (exact) mass is 453 g/mol. The van der Waals surface area contributed by atoms with Crippen LogP contribution in [0.25, 0.3) is 0 Å². The maximum absolute atomic E-state index is 13.0. The minimum Gasteiger partial charge on any atom is -0.489 e. The number of ether oxygens (including phenoxy) is 1. The second kappa shape index (κ2) is 8.40. The van der Waals surface area contributed by atoms with Gasteiger partial charge in [-0.3, -0.25) is 24.7 Å². The van der Waals surface area contributed by atoms with Crippen molar-refractivity contribution in [3.63, 3.8) is 0 Å². The van der Waals surface area contributed by atoms with E-state index in [1.165, 1.54) is 34.6 Å².